The van der Waals surface area contributed by atoms with Gasteiger partial charge < -0.3 is 14.2 Å². The minimum absolute atomic E-state index is 0.00931. The summed E-state index contributed by atoms with van der Waals surface area (Å²) in [6, 6.07) is 0. The summed E-state index contributed by atoms with van der Waals surface area (Å²) in [7, 11) is 1.68. The Hall–Kier alpha value is -0.120. The first-order chi connectivity index (χ1) is 4.43. The van der Waals surface area contributed by atoms with Crippen LogP contribution in [-0.2, 0) is 14.2 Å². The summed E-state index contributed by atoms with van der Waals surface area (Å²) in [6.45, 7) is 2.17. The quantitative estimate of drug-likeness (QED) is 0.556. The van der Waals surface area contributed by atoms with Crippen LogP contribution in [0.2, 0.25) is 0 Å². The first kappa shape index (κ1) is 6.99. The summed E-state index contributed by atoms with van der Waals surface area (Å²) in [5.74, 6) is 0. The summed E-state index contributed by atoms with van der Waals surface area (Å²) in [5, 5.41) is 0. The molecule has 54 valence electrons. The standard InChI is InChI=1S/C6H12O3/c1-7-3-2-6-8-4-5-9-6/h6H,2-5H2,1H3. The van der Waals surface area contributed by atoms with Crippen molar-refractivity contribution in [3.63, 3.8) is 0 Å². The average Bonchev–Trinajstić information content (AvgIpc) is 2.34. The average molecular weight is 132 g/mol. The molecule has 0 amide bonds. The van der Waals surface area contributed by atoms with Crippen LogP contribution < -0.4 is 0 Å². The molecule has 1 fully saturated rings. The van der Waals surface area contributed by atoms with Gasteiger partial charge in [0.05, 0.1) is 19.8 Å². The minimum atomic E-state index is -0.00931. The van der Waals surface area contributed by atoms with Gasteiger partial charge in [0.15, 0.2) is 6.29 Å². The van der Waals surface area contributed by atoms with E-state index in [0.29, 0.717) is 6.61 Å². The second-order valence-electron chi connectivity index (χ2n) is 1.95. The van der Waals surface area contributed by atoms with Gasteiger partial charge in [0.1, 0.15) is 0 Å². The SMILES string of the molecule is COCCC1OCCO1. The predicted octanol–water partition coefficient (Wildman–Crippen LogP) is 0.396. The minimum Gasteiger partial charge on any atom is -0.384 e. The lowest BCUT2D eigenvalue weighted by molar-refractivity contribution is -0.0582. The third-order valence-electron chi connectivity index (χ3n) is 1.25. The Morgan fingerprint density at radius 1 is 1.44 bits per heavy atom. The lowest BCUT2D eigenvalue weighted by Crippen LogP contribution is -2.10. The van der Waals surface area contributed by atoms with Crippen molar-refractivity contribution in [1.29, 1.82) is 0 Å². The highest BCUT2D eigenvalue weighted by Gasteiger charge is 2.14. The number of methoxy groups -OCH3 is 1. The first-order valence-corrected chi connectivity index (χ1v) is 3.15. The lowest BCUT2D eigenvalue weighted by atomic mass is 10.4. The largest absolute Gasteiger partial charge is 0.384 e. The van der Waals surface area contributed by atoms with E-state index >= 15 is 0 Å². The maximum Gasteiger partial charge on any atom is 0.160 e. The Morgan fingerprint density at radius 2 is 2.11 bits per heavy atom. The van der Waals surface area contributed by atoms with Gasteiger partial charge >= 0.3 is 0 Å². The third kappa shape index (κ3) is 2.30. The summed E-state index contributed by atoms with van der Waals surface area (Å²) in [5.41, 5.74) is 0. The van der Waals surface area contributed by atoms with Gasteiger partial charge in [-0.25, -0.2) is 0 Å². The molecule has 0 radical (unpaired) electrons. The molecule has 3 nitrogen and oxygen atoms in total. The number of hydrogen-bond donors (Lipinski definition) is 0. The molecular weight excluding hydrogens is 120 g/mol. The van der Waals surface area contributed by atoms with E-state index in [4.69, 9.17) is 14.2 Å². The van der Waals surface area contributed by atoms with Crippen LogP contribution in [-0.4, -0.2) is 33.2 Å². The fraction of sp³-hybridized carbons (Fsp3) is 1.00. The van der Waals surface area contributed by atoms with Crippen LogP contribution in [0.4, 0.5) is 0 Å². The molecule has 1 aliphatic heterocycles. The number of rotatable bonds is 3. The van der Waals surface area contributed by atoms with Gasteiger partial charge in [-0.1, -0.05) is 0 Å². The highest BCUT2D eigenvalue weighted by Crippen LogP contribution is 2.06. The molecule has 1 saturated heterocycles. The van der Waals surface area contributed by atoms with Crippen LogP contribution in [0.3, 0.4) is 0 Å². The molecule has 1 heterocycles. The van der Waals surface area contributed by atoms with Gasteiger partial charge in [-0.3, -0.25) is 0 Å². The summed E-state index contributed by atoms with van der Waals surface area (Å²) >= 11 is 0. The Labute approximate surface area is 54.9 Å². The molecule has 0 N–H and O–H groups in total. The summed E-state index contributed by atoms with van der Waals surface area (Å²) in [4.78, 5) is 0. The van der Waals surface area contributed by atoms with Crippen LogP contribution in [0.1, 0.15) is 6.42 Å². The van der Waals surface area contributed by atoms with Crippen molar-refractivity contribution < 1.29 is 14.2 Å². The summed E-state index contributed by atoms with van der Waals surface area (Å²) in [6.07, 6.45) is 0.834. The van der Waals surface area contributed by atoms with Crippen LogP contribution in [0, 0.1) is 0 Å². The fourth-order valence-electron chi connectivity index (χ4n) is 0.788. The molecular formula is C6H12O3. The normalized spacial score (nSPS) is 21.0. The molecule has 0 atom stereocenters. The molecule has 0 unspecified atom stereocenters. The van der Waals surface area contributed by atoms with Gasteiger partial charge in [-0.05, 0) is 0 Å². The van der Waals surface area contributed by atoms with Crippen molar-refractivity contribution >= 4 is 0 Å². The summed E-state index contributed by atoms with van der Waals surface area (Å²) < 4.78 is 15.1. The van der Waals surface area contributed by atoms with Crippen molar-refractivity contribution in [1.82, 2.24) is 0 Å². The number of ether oxygens (including phenoxy) is 3. The van der Waals surface area contributed by atoms with Crippen molar-refractivity contribution in [2.45, 2.75) is 12.7 Å². The van der Waals surface area contributed by atoms with E-state index in [-0.39, 0.29) is 6.29 Å². The van der Waals surface area contributed by atoms with E-state index in [1.807, 2.05) is 0 Å². The highest BCUT2D eigenvalue weighted by atomic mass is 16.7. The molecule has 0 aromatic rings. The van der Waals surface area contributed by atoms with Gasteiger partial charge in [-0.2, -0.15) is 0 Å². The molecule has 0 aromatic heterocycles. The van der Waals surface area contributed by atoms with Crippen molar-refractivity contribution in [2.24, 2.45) is 0 Å². The zero-order valence-corrected chi connectivity index (χ0v) is 5.63. The van der Waals surface area contributed by atoms with E-state index in [1.54, 1.807) is 7.11 Å². The van der Waals surface area contributed by atoms with E-state index in [9.17, 15) is 0 Å². The zero-order valence-electron chi connectivity index (χ0n) is 5.63. The Kier molecular flexibility index (Phi) is 2.97. The van der Waals surface area contributed by atoms with E-state index in [2.05, 4.69) is 0 Å². The van der Waals surface area contributed by atoms with Gasteiger partial charge in [0, 0.05) is 13.5 Å². The van der Waals surface area contributed by atoms with E-state index < -0.39 is 0 Å². The molecule has 0 spiro atoms. The van der Waals surface area contributed by atoms with Crippen LogP contribution >= 0.6 is 0 Å². The number of hydrogen-bond acceptors (Lipinski definition) is 3. The van der Waals surface area contributed by atoms with Crippen LogP contribution in [0.25, 0.3) is 0 Å². The van der Waals surface area contributed by atoms with Gasteiger partial charge in [0.2, 0.25) is 0 Å². The Bertz CT molecular complexity index is 68.7. The lowest BCUT2D eigenvalue weighted by Gasteiger charge is -2.06. The maximum atomic E-state index is 5.15. The molecule has 9 heavy (non-hydrogen) atoms. The van der Waals surface area contributed by atoms with Crippen LogP contribution in [0.15, 0.2) is 0 Å². The van der Waals surface area contributed by atoms with Crippen molar-refractivity contribution in [2.75, 3.05) is 26.9 Å². The maximum absolute atomic E-state index is 5.15. The van der Waals surface area contributed by atoms with Crippen molar-refractivity contribution in [3.8, 4) is 0 Å². The molecule has 0 aliphatic carbocycles. The topological polar surface area (TPSA) is 27.7 Å². The smallest absolute Gasteiger partial charge is 0.160 e. The monoisotopic (exact) mass is 132 g/mol. The first-order valence-electron chi connectivity index (χ1n) is 3.15. The molecule has 1 rings (SSSR count). The predicted molar refractivity (Wildman–Crippen MR) is 32.2 cm³/mol. The van der Waals surface area contributed by atoms with Gasteiger partial charge in [0.25, 0.3) is 0 Å². The molecule has 0 aromatic carbocycles. The second-order valence-corrected chi connectivity index (χ2v) is 1.95. The Morgan fingerprint density at radius 3 is 2.67 bits per heavy atom. The molecule has 0 saturated carbocycles. The third-order valence-corrected chi connectivity index (χ3v) is 1.25. The van der Waals surface area contributed by atoms with Crippen molar-refractivity contribution in [3.05, 3.63) is 0 Å². The molecule has 3 heteroatoms. The Balaban J connectivity index is 1.98. The van der Waals surface area contributed by atoms with Crippen LogP contribution in [0.5, 0.6) is 0 Å². The highest BCUT2D eigenvalue weighted by molar-refractivity contribution is 4.50. The second kappa shape index (κ2) is 3.82. The van der Waals surface area contributed by atoms with E-state index in [0.717, 1.165) is 19.6 Å². The van der Waals surface area contributed by atoms with E-state index in [1.165, 1.54) is 0 Å². The zero-order chi connectivity index (χ0) is 6.53. The fourth-order valence-corrected chi connectivity index (χ4v) is 0.788. The molecule has 1 aliphatic rings. The molecule has 0 bridgehead atoms. The van der Waals surface area contributed by atoms with Gasteiger partial charge in [-0.15, -0.1) is 0 Å².